The number of hydrogen-bond acceptors (Lipinski definition) is 4. The van der Waals surface area contributed by atoms with Gasteiger partial charge in [0.15, 0.2) is 0 Å². The van der Waals surface area contributed by atoms with E-state index in [1.54, 1.807) is 7.11 Å². The largest absolute Gasteiger partial charge is 0.492 e. The van der Waals surface area contributed by atoms with Crippen LogP contribution in [0.2, 0.25) is 0 Å². The van der Waals surface area contributed by atoms with Gasteiger partial charge < -0.3 is 15.2 Å². The second-order valence-electron chi connectivity index (χ2n) is 5.16. The normalized spacial score (nSPS) is 16.3. The molecule has 2 rings (SSSR count). The molecule has 0 aliphatic carbocycles. The molecule has 1 heterocycles. The number of methoxy groups -OCH3 is 1. The number of rotatable bonds is 5. The Morgan fingerprint density at radius 3 is 2.57 bits per heavy atom. The van der Waals surface area contributed by atoms with Crippen molar-refractivity contribution in [3.63, 3.8) is 0 Å². The summed E-state index contributed by atoms with van der Waals surface area (Å²) in [4.78, 5) is 2.43. The van der Waals surface area contributed by atoms with Crippen LogP contribution in [-0.2, 0) is 4.74 Å². The van der Waals surface area contributed by atoms with Crippen molar-refractivity contribution in [3.8, 4) is 17.6 Å². The number of nitrogens with zero attached hydrogens (tertiary/aromatic N) is 1. The summed E-state index contributed by atoms with van der Waals surface area (Å²) in [6, 6.07) is 7.83. The zero-order chi connectivity index (χ0) is 14.9. The molecule has 114 valence electrons. The summed E-state index contributed by atoms with van der Waals surface area (Å²) in [7, 11) is 1.80. The molecule has 0 bridgehead atoms. The summed E-state index contributed by atoms with van der Waals surface area (Å²) in [5, 5.41) is 0. The predicted molar refractivity (Wildman–Crippen MR) is 84.3 cm³/mol. The van der Waals surface area contributed by atoms with Gasteiger partial charge in [-0.1, -0.05) is 11.8 Å². The van der Waals surface area contributed by atoms with Crippen LogP contribution in [0.15, 0.2) is 24.3 Å². The van der Waals surface area contributed by atoms with Gasteiger partial charge in [0.25, 0.3) is 0 Å². The van der Waals surface area contributed by atoms with Crippen LogP contribution in [0.4, 0.5) is 0 Å². The van der Waals surface area contributed by atoms with Gasteiger partial charge in [0.1, 0.15) is 12.4 Å². The molecule has 1 saturated heterocycles. The molecule has 4 heteroatoms. The molecule has 2 N–H and O–H groups in total. The molecule has 0 spiro atoms. The molecule has 1 fully saturated rings. The second kappa shape index (κ2) is 8.68. The molecule has 4 nitrogen and oxygen atoms in total. The van der Waals surface area contributed by atoms with Crippen LogP contribution in [0, 0.1) is 11.8 Å². The van der Waals surface area contributed by atoms with Crippen LogP contribution in [0.25, 0.3) is 0 Å². The fraction of sp³-hybridized carbons (Fsp3) is 0.529. The van der Waals surface area contributed by atoms with E-state index in [9.17, 15) is 0 Å². The van der Waals surface area contributed by atoms with Gasteiger partial charge in [-0.3, -0.25) is 4.90 Å². The number of likely N-dealkylation sites (tertiary alicyclic amines) is 1. The third-order valence-corrected chi connectivity index (χ3v) is 3.73. The summed E-state index contributed by atoms with van der Waals surface area (Å²) in [6.07, 6.45) is 2.67. The van der Waals surface area contributed by atoms with E-state index in [0.29, 0.717) is 19.3 Å². The lowest BCUT2D eigenvalue weighted by atomic mass is 10.1. The minimum absolute atomic E-state index is 0.387. The summed E-state index contributed by atoms with van der Waals surface area (Å²) in [6.45, 7) is 4.25. The maximum Gasteiger partial charge on any atom is 0.119 e. The van der Waals surface area contributed by atoms with Gasteiger partial charge in [0.2, 0.25) is 0 Å². The number of piperidine rings is 1. The highest BCUT2D eigenvalue weighted by Crippen LogP contribution is 2.14. The van der Waals surface area contributed by atoms with Gasteiger partial charge >= 0.3 is 0 Å². The fourth-order valence-electron chi connectivity index (χ4n) is 2.45. The zero-order valence-electron chi connectivity index (χ0n) is 12.7. The highest BCUT2D eigenvalue weighted by Gasteiger charge is 2.18. The molecule has 0 unspecified atom stereocenters. The standard InChI is InChI=1S/C17H24N2O2/c1-20-16-8-11-19(12-9-16)13-14-21-17-6-4-15(5-7-17)3-2-10-18/h4-7,16H,8-14,18H2,1H3. The van der Waals surface area contributed by atoms with Crippen molar-refractivity contribution in [1.29, 1.82) is 0 Å². The molecule has 1 aromatic carbocycles. The van der Waals surface area contributed by atoms with Crippen molar-refractivity contribution in [3.05, 3.63) is 29.8 Å². The van der Waals surface area contributed by atoms with E-state index in [0.717, 1.165) is 43.8 Å². The monoisotopic (exact) mass is 288 g/mol. The SMILES string of the molecule is COC1CCN(CCOc2ccc(C#CCN)cc2)CC1. The lowest BCUT2D eigenvalue weighted by molar-refractivity contribution is 0.0375. The van der Waals surface area contributed by atoms with Crippen molar-refractivity contribution in [2.75, 3.05) is 39.9 Å². The van der Waals surface area contributed by atoms with Crippen LogP contribution < -0.4 is 10.5 Å². The second-order valence-corrected chi connectivity index (χ2v) is 5.16. The molecule has 0 atom stereocenters. The van der Waals surface area contributed by atoms with Gasteiger partial charge in [0, 0.05) is 32.3 Å². The Morgan fingerprint density at radius 2 is 1.95 bits per heavy atom. The Labute approximate surface area is 127 Å². The smallest absolute Gasteiger partial charge is 0.119 e. The topological polar surface area (TPSA) is 47.7 Å². The van der Waals surface area contributed by atoms with Crippen LogP contribution in [0.3, 0.4) is 0 Å². The van der Waals surface area contributed by atoms with E-state index in [2.05, 4.69) is 16.7 Å². The van der Waals surface area contributed by atoms with E-state index in [1.807, 2.05) is 24.3 Å². The lowest BCUT2D eigenvalue weighted by Gasteiger charge is -2.30. The Kier molecular flexibility index (Phi) is 6.55. The van der Waals surface area contributed by atoms with Crippen LogP contribution in [-0.4, -0.2) is 50.9 Å². The zero-order valence-corrected chi connectivity index (χ0v) is 12.7. The summed E-state index contributed by atoms with van der Waals surface area (Å²) in [5.41, 5.74) is 6.32. The third kappa shape index (κ3) is 5.39. The number of ether oxygens (including phenoxy) is 2. The van der Waals surface area contributed by atoms with Crippen molar-refractivity contribution in [2.45, 2.75) is 18.9 Å². The van der Waals surface area contributed by atoms with Crippen molar-refractivity contribution in [2.24, 2.45) is 5.73 Å². The summed E-state index contributed by atoms with van der Waals surface area (Å²) < 4.78 is 11.2. The van der Waals surface area contributed by atoms with Crippen molar-refractivity contribution < 1.29 is 9.47 Å². The van der Waals surface area contributed by atoms with Gasteiger partial charge in [-0.2, -0.15) is 0 Å². The number of nitrogens with two attached hydrogens (primary N) is 1. The predicted octanol–water partition coefficient (Wildman–Crippen LogP) is 1.49. The van der Waals surface area contributed by atoms with E-state index in [4.69, 9.17) is 15.2 Å². The number of benzene rings is 1. The molecule has 1 aliphatic heterocycles. The van der Waals surface area contributed by atoms with E-state index >= 15 is 0 Å². The van der Waals surface area contributed by atoms with Crippen LogP contribution >= 0.6 is 0 Å². The third-order valence-electron chi connectivity index (χ3n) is 3.73. The maximum atomic E-state index is 5.78. The first-order valence-electron chi connectivity index (χ1n) is 7.49. The highest BCUT2D eigenvalue weighted by molar-refractivity contribution is 5.38. The Bertz CT molecular complexity index is 468. The molecule has 1 aliphatic rings. The Balaban J connectivity index is 1.69. The first kappa shape index (κ1) is 15.8. The molecule has 0 saturated carbocycles. The molecule has 1 aromatic rings. The lowest BCUT2D eigenvalue weighted by Crippen LogP contribution is -2.38. The van der Waals surface area contributed by atoms with Crippen molar-refractivity contribution >= 4 is 0 Å². The minimum atomic E-state index is 0.387. The van der Waals surface area contributed by atoms with E-state index < -0.39 is 0 Å². The summed E-state index contributed by atoms with van der Waals surface area (Å²) >= 11 is 0. The quantitative estimate of drug-likeness (QED) is 0.834. The molecule has 0 amide bonds. The van der Waals surface area contributed by atoms with E-state index in [1.165, 1.54) is 0 Å². The average molecular weight is 288 g/mol. The first-order chi connectivity index (χ1) is 10.3. The van der Waals surface area contributed by atoms with Crippen LogP contribution in [0.5, 0.6) is 5.75 Å². The molecular formula is C17H24N2O2. The minimum Gasteiger partial charge on any atom is -0.492 e. The van der Waals surface area contributed by atoms with Crippen LogP contribution in [0.1, 0.15) is 18.4 Å². The maximum absolute atomic E-state index is 5.78. The summed E-state index contributed by atoms with van der Waals surface area (Å²) in [5.74, 6) is 6.73. The van der Waals surface area contributed by atoms with Gasteiger partial charge in [0.05, 0.1) is 12.6 Å². The molecule has 0 aromatic heterocycles. The fourth-order valence-corrected chi connectivity index (χ4v) is 2.45. The molecule has 21 heavy (non-hydrogen) atoms. The first-order valence-corrected chi connectivity index (χ1v) is 7.49. The Morgan fingerprint density at radius 1 is 1.24 bits per heavy atom. The van der Waals surface area contributed by atoms with Gasteiger partial charge in [-0.25, -0.2) is 0 Å². The van der Waals surface area contributed by atoms with Gasteiger partial charge in [-0.05, 0) is 37.1 Å². The highest BCUT2D eigenvalue weighted by atomic mass is 16.5. The molecular weight excluding hydrogens is 264 g/mol. The average Bonchev–Trinajstić information content (AvgIpc) is 2.55. The van der Waals surface area contributed by atoms with Crippen molar-refractivity contribution in [1.82, 2.24) is 4.90 Å². The molecule has 0 radical (unpaired) electrons. The number of hydrogen-bond donors (Lipinski definition) is 1. The van der Waals surface area contributed by atoms with Gasteiger partial charge in [-0.15, -0.1) is 0 Å². The Hall–Kier alpha value is -1.54. The van der Waals surface area contributed by atoms with E-state index in [-0.39, 0.29) is 0 Å².